The first-order chi connectivity index (χ1) is 25.8. The summed E-state index contributed by atoms with van der Waals surface area (Å²) in [6.07, 6.45) is -2.61. The molecule has 1 fully saturated rings. The van der Waals surface area contributed by atoms with Crippen LogP contribution in [0.25, 0.3) is 11.2 Å². The number of aromatic nitrogens is 4. The minimum Gasteiger partial charge on any atom is -0.459 e. The summed E-state index contributed by atoms with van der Waals surface area (Å²) in [5.41, 5.74) is 0.945. The zero-order valence-corrected chi connectivity index (χ0v) is 29.1. The lowest BCUT2D eigenvalue weighted by atomic mass is 10.1. The van der Waals surface area contributed by atoms with Gasteiger partial charge in [-0.1, -0.05) is 54.6 Å². The van der Waals surface area contributed by atoms with E-state index < -0.39 is 56.8 Å². The van der Waals surface area contributed by atoms with E-state index in [2.05, 4.69) is 20.0 Å². The predicted molar refractivity (Wildman–Crippen MR) is 186 cm³/mol. The minimum absolute atomic E-state index is 0.0171. The summed E-state index contributed by atoms with van der Waals surface area (Å²) in [7, 11) is -4.01. The van der Waals surface area contributed by atoms with E-state index in [0.717, 1.165) is 0 Å². The number of imidazole rings is 1. The average molecular weight is 741 g/mol. The molecule has 1 unspecified atom stereocenters. The Kier molecular flexibility index (Phi) is 11.8. The molecule has 5 aromatic rings. The molecule has 3 heterocycles. The van der Waals surface area contributed by atoms with Gasteiger partial charge in [0.2, 0.25) is 0 Å². The Labute approximate surface area is 303 Å². The highest BCUT2D eigenvalue weighted by Crippen LogP contribution is 2.48. The number of hydrogen-bond acceptors (Lipinski definition) is 14. The maximum Gasteiger partial charge on any atom is 0.433 e. The van der Waals surface area contributed by atoms with Gasteiger partial charge in [-0.15, -0.1) is 0 Å². The molecule has 0 spiro atoms. The number of nitrogens with one attached hydrogen (secondary N) is 1. The number of carbonyl (C=O) groups is 3. The minimum atomic E-state index is -4.01. The molecule has 1 aliphatic rings. The fraction of sp³-hybridized carbons (Fsp3) is 0.250. The van der Waals surface area contributed by atoms with E-state index in [0.29, 0.717) is 0 Å². The van der Waals surface area contributed by atoms with E-state index in [9.17, 15) is 18.9 Å². The Bertz CT molecular complexity index is 2130. The Morgan fingerprint density at radius 1 is 0.830 bits per heavy atom. The van der Waals surface area contributed by atoms with Crippen molar-refractivity contribution in [2.24, 2.45) is 0 Å². The van der Waals surface area contributed by atoms with Gasteiger partial charge in [0.1, 0.15) is 19.0 Å². The number of anilines is 1. The molecule has 16 nitrogen and oxygen atoms in total. The van der Waals surface area contributed by atoms with Crippen molar-refractivity contribution in [2.75, 3.05) is 24.9 Å². The molecule has 17 heteroatoms. The van der Waals surface area contributed by atoms with E-state index in [1.165, 1.54) is 17.2 Å². The van der Waals surface area contributed by atoms with Gasteiger partial charge in [-0.05, 0) is 43.3 Å². The number of benzene rings is 3. The fourth-order valence-electron chi connectivity index (χ4n) is 5.41. The summed E-state index contributed by atoms with van der Waals surface area (Å²) >= 11 is 0. The number of rotatable bonds is 15. The molecule has 0 radical (unpaired) electrons. The first kappa shape index (κ1) is 36.8. The average Bonchev–Trinajstić information content (AvgIpc) is 3.76. The normalized spacial score (nSPS) is 19.1. The van der Waals surface area contributed by atoms with Crippen LogP contribution in [0.15, 0.2) is 104 Å². The van der Waals surface area contributed by atoms with E-state index in [1.807, 2.05) is 6.07 Å². The van der Waals surface area contributed by atoms with Gasteiger partial charge >= 0.3 is 25.7 Å². The molecule has 6 rings (SSSR count). The molecular weight excluding hydrogens is 707 g/mol. The van der Waals surface area contributed by atoms with E-state index in [-0.39, 0.29) is 53.3 Å². The monoisotopic (exact) mass is 740 g/mol. The zero-order chi connectivity index (χ0) is 37.2. The van der Waals surface area contributed by atoms with Crippen LogP contribution in [0.1, 0.15) is 50.6 Å². The fourth-order valence-corrected chi connectivity index (χ4v) is 6.71. The van der Waals surface area contributed by atoms with Gasteiger partial charge in [0, 0.05) is 0 Å². The van der Waals surface area contributed by atoms with E-state index >= 15 is 0 Å². The van der Waals surface area contributed by atoms with Gasteiger partial charge in [0.15, 0.2) is 35.4 Å². The Hall–Kier alpha value is -5.98. The highest BCUT2D eigenvalue weighted by molar-refractivity contribution is 7.55. The van der Waals surface area contributed by atoms with Gasteiger partial charge < -0.3 is 18.9 Å². The van der Waals surface area contributed by atoms with Crippen LogP contribution in [0.4, 0.5) is 5.82 Å². The second kappa shape index (κ2) is 17.0. The van der Waals surface area contributed by atoms with Gasteiger partial charge in [-0.3, -0.25) is 18.7 Å². The topological polar surface area (TPSA) is 203 Å². The van der Waals surface area contributed by atoms with Crippen LogP contribution in [-0.2, 0) is 32.6 Å². The van der Waals surface area contributed by atoms with Crippen molar-refractivity contribution in [3.8, 4) is 6.07 Å². The first-order valence-electron chi connectivity index (χ1n) is 16.4. The van der Waals surface area contributed by atoms with Crippen molar-refractivity contribution in [3.63, 3.8) is 0 Å². The van der Waals surface area contributed by atoms with Crippen molar-refractivity contribution in [1.29, 1.82) is 5.26 Å². The molecule has 1 aliphatic heterocycles. The number of hydrogen-bond donors (Lipinski definition) is 1. The summed E-state index contributed by atoms with van der Waals surface area (Å²) in [5, 5.41) is 11.6. The largest absolute Gasteiger partial charge is 0.459 e. The van der Waals surface area contributed by atoms with Crippen molar-refractivity contribution in [2.45, 2.75) is 37.9 Å². The molecule has 53 heavy (non-hydrogen) atoms. The van der Waals surface area contributed by atoms with E-state index in [1.54, 1.807) is 97.9 Å². The van der Waals surface area contributed by atoms with Gasteiger partial charge in [-0.25, -0.2) is 33.9 Å². The Morgan fingerprint density at radius 3 is 2.00 bits per heavy atom. The molecule has 0 saturated carbocycles. The van der Waals surface area contributed by atoms with Crippen molar-refractivity contribution < 1.29 is 46.9 Å². The second-order valence-electron chi connectivity index (χ2n) is 11.3. The smallest absolute Gasteiger partial charge is 0.433 e. The lowest BCUT2D eigenvalue weighted by Crippen LogP contribution is -2.41. The van der Waals surface area contributed by atoms with Crippen LogP contribution >= 0.6 is 7.75 Å². The van der Waals surface area contributed by atoms with Gasteiger partial charge in [0.05, 0.1) is 48.7 Å². The maximum absolute atomic E-state index is 13.6. The second-order valence-corrected chi connectivity index (χ2v) is 13.1. The van der Waals surface area contributed by atoms with Crippen LogP contribution in [-0.4, -0.2) is 75.6 Å². The van der Waals surface area contributed by atoms with Crippen molar-refractivity contribution >= 4 is 42.6 Å². The molecule has 0 bridgehead atoms. The number of carbonyl (C=O) groups excluding carboxylic acids is 3. The quantitative estimate of drug-likeness (QED) is 0.0608. The summed E-state index contributed by atoms with van der Waals surface area (Å²) in [6, 6.07) is 26.6. The maximum atomic E-state index is 13.6. The summed E-state index contributed by atoms with van der Waals surface area (Å²) in [6.45, 7) is 1.06. The molecule has 272 valence electrons. The lowest BCUT2D eigenvalue weighted by Gasteiger charge is -2.25. The third kappa shape index (κ3) is 8.74. The molecule has 1 N–H and O–H groups in total. The van der Waals surface area contributed by atoms with E-state index in [4.69, 9.17) is 33.3 Å². The lowest BCUT2D eigenvalue weighted by molar-refractivity contribution is -0.0606. The molecule has 5 atom stereocenters. The molecule has 0 amide bonds. The SMILES string of the molecule is CCOP(=O)(Nc1ncnc2c1ncn2[C@@H]1O[C@H](COC(=O)c2ccccc2)[C@@H](OC(=O)c2ccccc2)[C@H]1OC(=O)c1ccccc1)OCCC#N. The van der Waals surface area contributed by atoms with Crippen LogP contribution in [0.5, 0.6) is 0 Å². The molecule has 0 aliphatic carbocycles. The zero-order valence-electron chi connectivity index (χ0n) is 28.2. The predicted octanol–water partition coefficient (Wildman–Crippen LogP) is 5.52. The third-order valence-electron chi connectivity index (χ3n) is 7.83. The van der Waals surface area contributed by atoms with Crippen LogP contribution in [0.3, 0.4) is 0 Å². The summed E-state index contributed by atoms with van der Waals surface area (Å²) in [4.78, 5) is 53.0. The number of ether oxygens (including phenoxy) is 4. The highest BCUT2D eigenvalue weighted by atomic mass is 31.2. The van der Waals surface area contributed by atoms with Crippen LogP contribution < -0.4 is 5.09 Å². The Balaban J connectivity index is 1.38. The summed E-state index contributed by atoms with van der Waals surface area (Å²) in [5.74, 6) is -2.18. The van der Waals surface area contributed by atoms with Crippen LogP contribution in [0, 0.1) is 11.3 Å². The molecule has 1 saturated heterocycles. The molecule has 3 aromatic carbocycles. The number of nitrogens with zero attached hydrogens (tertiary/aromatic N) is 5. The molecular formula is C36H33N6O10P. The van der Waals surface area contributed by atoms with Gasteiger partial charge in [0.25, 0.3) is 0 Å². The number of fused-ring (bicyclic) bond motifs is 1. The highest BCUT2D eigenvalue weighted by Gasteiger charge is 2.52. The number of esters is 3. The van der Waals surface area contributed by atoms with Crippen molar-refractivity contribution in [3.05, 3.63) is 120 Å². The summed E-state index contributed by atoms with van der Waals surface area (Å²) < 4.78 is 49.7. The molecule has 2 aromatic heterocycles. The third-order valence-corrected chi connectivity index (χ3v) is 9.44. The number of nitriles is 1. The van der Waals surface area contributed by atoms with Crippen LogP contribution in [0.2, 0.25) is 0 Å². The Morgan fingerprint density at radius 2 is 1.42 bits per heavy atom. The standard InChI is InChI=1S/C36H33N6O10P/c1-2-48-53(46,49-20-12-19-37)41-31-28-32(39-22-38-31)42(23-40-28)33-30(52-36(45)26-17-10-5-11-18-26)29(51-35(44)25-15-8-4-9-16-25)27(50-33)21-47-34(43)24-13-6-3-7-14-24/h3-11,13-18,22-23,27,29-30,33H,2,12,20-21H2,1H3,(H,38,39,41,46)/t27-,29-,30-,33-,53?/m1/s1. The van der Waals surface area contributed by atoms with Gasteiger partial charge in [-0.2, -0.15) is 5.26 Å². The first-order valence-corrected chi connectivity index (χ1v) is 18.0. The van der Waals surface area contributed by atoms with Crippen molar-refractivity contribution in [1.82, 2.24) is 19.5 Å².